The Morgan fingerprint density at radius 3 is 2.36 bits per heavy atom. The van der Waals surface area contributed by atoms with E-state index >= 15 is 4.39 Å². The van der Waals surface area contributed by atoms with Gasteiger partial charge in [0.25, 0.3) is 5.91 Å². The lowest BCUT2D eigenvalue weighted by Crippen LogP contribution is -2.63. The van der Waals surface area contributed by atoms with E-state index in [0.29, 0.717) is 29.0 Å². The molecule has 0 unspecified atom stereocenters. The zero-order chi connectivity index (χ0) is 38.8. The van der Waals surface area contributed by atoms with Crippen LogP contribution in [0.5, 0.6) is 0 Å². The molecule has 0 spiro atoms. The first-order valence-electron chi connectivity index (χ1n) is 19.4. The molecule has 0 bridgehead atoms. The van der Waals surface area contributed by atoms with Crippen molar-refractivity contribution < 1.29 is 18.8 Å². The van der Waals surface area contributed by atoms with Gasteiger partial charge in [0, 0.05) is 90.5 Å². The van der Waals surface area contributed by atoms with E-state index < -0.39 is 29.4 Å². The third-order valence-corrected chi connectivity index (χ3v) is 11.9. The van der Waals surface area contributed by atoms with Gasteiger partial charge in [-0.1, -0.05) is 12.8 Å². The number of halogens is 1. The monoisotopic (exact) mass is 764 g/mol. The van der Waals surface area contributed by atoms with Crippen LogP contribution in [0.2, 0.25) is 0 Å². The van der Waals surface area contributed by atoms with Crippen LogP contribution in [0.3, 0.4) is 0 Å². The Hall–Kier alpha value is -5.84. The van der Waals surface area contributed by atoms with Crippen molar-refractivity contribution in [2.45, 2.75) is 56.7 Å². The van der Waals surface area contributed by atoms with Gasteiger partial charge >= 0.3 is 5.69 Å². The van der Waals surface area contributed by atoms with Gasteiger partial charge in [0.2, 0.25) is 17.8 Å². The molecule has 3 amide bonds. The number of imidazole rings is 1. The van der Waals surface area contributed by atoms with Crippen LogP contribution in [-0.4, -0.2) is 116 Å². The van der Waals surface area contributed by atoms with Gasteiger partial charge in [0.1, 0.15) is 34.5 Å². The molecule has 4 aliphatic rings. The smallest absolute Gasteiger partial charge is 0.329 e. The van der Waals surface area contributed by atoms with Crippen LogP contribution in [-0.2, 0) is 16.6 Å². The molecule has 9 rings (SSSR count). The zero-order valence-corrected chi connectivity index (χ0v) is 31.7. The number of piperazine rings is 1. The maximum atomic E-state index is 15.4. The predicted octanol–water partition coefficient (Wildman–Crippen LogP) is 3.17. The summed E-state index contributed by atoms with van der Waals surface area (Å²) in [5.41, 5.74) is 3.22. The predicted molar refractivity (Wildman–Crippen MR) is 209 cm³/mol. The fraction of sp³-hybridized carbons (Fsp3) is 0.462. The Balaban J connectivity index is 0.836. The Kier molecular flexibility index (Phi) is 8.98. The second-order valence-corrected chi connectivity index (χ2v) is 15.6. The summed E-state index contributed by atoms with van der Waals surface area (Å²) in [5, 5.41) is 6.38. The zero-order valence-electron chi connectivity index (χ0n) is 31.7. The average molecular weight is 765 g/mol. The molecule has 3 aliphatic heterocycles. The Labute approximate surface area is 321 Å². The minimum atomic E-state index is -0.948. The summed E-state index contributed by atoms with van der Waals surface area (Å²) in [4.78, 5) is 73.5. The number of fused-ring (bicyclic) bond motifs is 2. The van der Waals surface area contributed by atoms with E-state index in [0.717, 1.165) is 87.4 Å². The third-order valence-electron chi connectivity index (χ3n) is 11.9. The van der Waals surface area contributed by atoms with Crippen molar-refractivity contribution in [3.8, 4) is 0 Å². The van der Waals surface area contributed by atoms with Crippen LogP contribution >= 0.6 is 0 Å². The highest BCUT2D eigenvalue weighted by atomic mass is 19.1. The molecule has 17 heteroatoms. The highest BCUT2D eigenvalue weighted by molar-refractivity contribution is 6.01. The Bertz CT molecular complexity index is 2420. The van der Waals surface area contributed by atoms with Crippen LogP contribution in [0.15, 0.2) is 47.5 Å². The van der Waals surface area contributed by atoms with Gasteiger partial charge in [-0.05, 0) is 49.6 Å². The molecule has 1 aromatic carbocycles. The molecule has 1 atom stereocenters. The van der Waals surface area contributed by atoms with E-state index in [9.17, 15) is 19.2 Å². The summed E-state index contributed by atoms with van der Waals surface area (Å²) < 4.78 is 20.1. The van der Waals surface area contributed by atoms with Crippen LogP contribution in [0.1, 0.15) is 61.1 Å². The van der Waals surface area contributed by atoms with Gasteiger partial charge in [0.05, 0.1) is 23.1 Å². The van der Waals surface area contributed by atoms with Crippen molar-refractivity contribution in [2.24, 2.45) is 7.05 Å². The number of aromatic nitrogens is 6. The largest absolute Gasteiger partial charge is 0.368 e. The number of carbonyl (C=O) groups excluding carboxylic acids is 3. The molecule has 0 radical (unpaired) electrons. The molecular formula is C39H45FN12O4. The van der Waals surface area contributed by atoms with E-state index in [1.165, 1.54) is 15.2 Å². The molecule has 1 saturated carbocycles. The number of carbonyl (C=O) groups is 3. The first-order valence-corrected chi connectivity index (χ1v) is 19.4. The van der Waals surface area contributed by atoms with Crippen LogP contribution in [0, 0.1) is 5.82 Å². The quantitative estimate of drug-likeness (QED) is 0.224. The summed E-state index contributed by atoms with van der Waals surface area (Å²) >= 11 is 0. The van der Waals surface area contributed by atoms with Crippen LogP contribution < -0.4 is 26.1 Å². The summed E-state index contributed by atoms with van der Waals surface area (Å²) in [5.74, 6) is -0.543. The molecule has 3 saturated heterocycles. The fourth-order valence-electron chi connectivity index (χ4n) is 8.91. The molecule has 16 nitrogen and oxygen atoms in total. The number of pyridine rings is 1. The second kappa shape index (κ2) is 14.0. The first-order chi connectivity index (χ1) is 27.0. The number of hydrogen-bond donors (Lipinski definition) is 2. The highest BCUT2D eigenvalue weighted by Crippen LogP contribution is 2.36. The second-order valence-electron chi connectivity index (χ2n) is 15.6. The number of rotatable bonds is 8. The number of hydrogen-bond acceptors (Lipinski definition) is 11. The lowest BCUT2D eigenvalue weighted by atomic mass is 10.0. The fourth-order valence-corrected chi connectivity index (χ4v) is 8.91. The molecule has 4 fully saturated rings. The Morgan fingerprint density at radius 1 is 0.893 bits per heavy atom. The van der Waals surface area contributed by atoms with Crippen molar-refractivity contribution in [1.82, 2.24) is 43.8 Å². The topological polar surface area (TPSA) is 159 Å². The standard InChI is InChI=1S/C39H45FN12O4/c1-46(2)37(55)30-18-23-19-42-38(45-35(23)51(30)24-6-4-5-7-24)43-31-12-8-25(20-41-31)48-14-16-49(17-15-48)26-21-50(22-26)28-10-9-27(40)33-34(28)47(3)39(56)52(33)29-11-13-32(53)44-36(29)54/h8-10,12,18-20,24,26,29H,4-7,11,13-17,21-22H2,1-3H3,(H,44,53,54)(H,41,42,43,45)/t29-/m0/s1. The number of aryl methyl sites for hydroxylation is 1. The lowest BCUT2D eigenvalue weighted by Gasteiger charge is -2.49. The van der Waals surface area contributed by atoms with Gasteiger partial charge in [-0.15, -0.1) is 0 Å². The number of nitrogens with zero attached hydrogens (tertiary/aromatic N) is 10. The van der Waals surface area contributed by atoms with Gasteiger partial charge in [-0.2, -0.15) is 4.98 Å². The van der Waals surface area contributed by atoms with E-state index in [-0.39, 0.29) is 30.3 Å². The van der Waals surface area contributed by atoms with Crippen molar-refractivity contribution in [2.75, 3.05) is 68.5 Å². The summed E-state index contributed by atoms with van der Waals surface area (Å²) in [6.07, 6.45) is 8.18. The van der Waals surface area contributed by atoms with Crippen molar-refractivity contribution in [3.63, 3.8) is 0 Å². The van der Waals surface area contributed by atoms with Crippen molar-refractivity contribution in [3.05, 3.63) is 64.7 Å². The van der Waals surface area contributed by atoms with Crippen LogP contribution in [0.25, 0.3) is 22.1 Å². The number of piperidine rings is 1. The lowest BCUT2D eigenvalue weighted by molar-refractivity contribution is -0.135. The number of imide groups is 1. The van der Waals surface area contributed by atoms with Gasteiger partial charge in [-0.3, -0.25) is 33.7 Å². The van der Waals surface area contributed by atoms with E-state index in [1.807, 2.05) is 18.3 Å². The maximum absolute atomic E-state index is 15.4. The Morgan fingerprint density at radius 2 is 1.66 bits per heavy atom. The highest BCUT2D eigenvalue weighted by Gasteiger charge is 2.37. The van der Waals surface area contributed by atoms with Crippen LogP contribution in [0.4, 0.5) is 27.5 Å². The molecule has 7 heterocycles. The molecule has 292 valence electrons. The summed E-state index contributed by atoms with van der Waals surface area (Å²) in [6, 6.07) is 8.53. The molecule has 2 N–H and O–H groups in total. The minimum absolute atomic E-state index is 0.0431. The summed E-state index contributed by atoms with van der Waals surface area (Å²) in [6.45, 7) is 4.87. The minimum Gasteiger partial charge on any atom is -0.368 e. The van der Waals surface area contributed by atoms with Crippen molar-refractivity contribution >= 4 is 62.9 Å². The first kappa shape index (κ1) is 35.8. The summed E-state index contributed by atoms with van der Waals surface area (Å²) in [7, 11) is 5.13. The molecule has 1 aliphatic carbocycles. The van der Waals surface area contributed by atoms with Crippen molar-refractivity contribution in [1.29, 1.82) is 0 Å². The van der Waals surface area contributed by atoms with Gasteiger partial charge < -0.3 is 24.6 Å². The molecular weight excluding hydrogens is 720 g/mol. The maximum Gasteiger partial charge on any atom is 0.329 e. The van der Waals surface area contributed by atoms with E-state index in [4.69, 9.17) is 4.98 Å². The number of anilines is 4. The molecule has 56 heavy (non-hydrogen) atoms. The molecule has 5 aromatic rings. The normalized spacial score (nSPS) is 19.9. The van der Waals surface area contributed by atoms with E-state index in [2.05, 4.69) is 45.9 Å². The molecule has 4 aromatic heterocycles. The SMILES string of the molecule is CN(C)C(=O)c1cc2cnc(Nc3ccc(N4CCN(C5CN(c6ccc(F)c7c6n(C)c(=O)n7[C@H]6CCC(=O)NC6=O)C5)CC4)cn3)nc2n1C1CCCC1. The number of amides is 3. The van der Waals surface area contributed by atoms with Gasteiger partial charge in [-0.25, -0.2) is 19.2 Å². The number of benzene rings is 1. The third kappa shape index (κ3) is 6.13. The number of nitrogens with one attached hydrogen (secondary N) is 2. The van der Waals surface area contributed by atoms with E-state index in [1.54, 1.807) is 38.3 Å². The van der Waals surface area contributed by atoms with Gasteiger partial charge in [0.15, 0.2) is 0 Å². The average Bonchev–Trinajstić information content (AvgIpc) is 3.90.